The molecule has 3 rings (SSSR count). The van der Waals surface area contributed by atoms with Crippen LogP contribution in [0.3, 0.4) is 0 Å². The summed E-state index contributed by atoms with van der Waals surface area (Å²) in [5.74, 6) is 2.40. The summed E-state index contributed by atoms with van der Waals surface area (Å²) < 4.78 is 1.30. The van der Waals surface area contributed by atoms with Crippen molar-refractivity contribution in [3.05, 3.63) is 29.3 Å². The second kappa shape index (κ2) is 4.96. The molecule has 1 fully saturated rings. The third-order valence-electron chi connectivity index (χ3n) is 3.07. The van der Waals surface area contributed by atoms with E-state index < -0.39 is 0 Å². The Bertz CT molecular complexity index is 476. The highest BCUT2D eigenvalue weighted by molar-refractivity contribution is 7.99. The molecule has 0 radical (unpaired) electrons. The lowest BCUT2D eigenvalue weighted by molar-refractivity contribution is 0.484. The Morgan fingerprint density at radius 3 is 3.12 bits per heavy atom. The zero-order chi connectivity index (χ0) is 11.7. The molecular formula is C13H16N2S2. The van der Waals surface area contributed by atoms with Crippen LogP contribution >= 0.6 is 23.1 Å². The van der Waals surface area contributed by atoms with Crippen molar-refractivity contribution in [2.75, 3.05) is 11.5 Å². The van der Waals surface area contributed by atoms with Crippen molar-refractivity contribution in [1.29, 1.82) is 0 Å². The molecule has 1 aromatic carbocycles. The minimum Gasteiger partial charge on any atom is -0.305 e. The number of fused-ring (bicyclic) bond motifs is 1. The molecule has 2 nitrogen and oxygen atoms in total. The van der Waals surface area contributed by atoms with Crippen molar-refractivity contribution in [1.82, 2.24) is 10.3 Å². The van der Waals surface area contributed by atoms with Crippen molar-refractivity contribution in [3.63, 3.8) is 0 Å². The van der Waals surface area contributed by atoms with Gasteiger partial charge >= 0.3 is 0 Å². The van der Waals surface area contributed by atoms with Gasteiger partial charge in [-0.25, -0.2) is 4.98 Å². The van der Waals surface area contributed by atoms with Crippen LogP contribution in [0.15, 0.2) is 24.3 Å². The van der Waals surface area contributed by atoms with Gasteiger partial charge in [0.1, 0.15) is 5.01 Å². The summed E-state index contributed by atoms with van der Waals surface area (Å²) in [4.78, 5) is 4.76. The van der Waals surface area contributed by atoms with E-state index in [1.807, 2.05) is 23.1 Å². The van der Waals surface area contributed by atoms with Gasteiger partial charge < -0.3 is 5.32 Å². The Balaban J connectivity index is 1.91. The molecule has 90 valence electrons. The molecule has 1 aliphatic heterocycles. The average Bonchev–Trinajstić information content (AvgIpc) is 2.65. The highest BCUT2D eigenvalue weighted by Crippen LogP contribution is 2.30. The van der Waals surface area contributed by atoms with E-state index in [0.29, 0.717) is 12.1 Å². The van der Waals surface area contributed by atoms with E-state index in [9.17, 15) is 0 Å². The molecule has 1 aromatic heterocycles. The summed E-state index contributed by atoms with van der Waals surface area (Å²) in [5.41, 5.74) is 1.14. The highest BCUT2D eigenvalue weighted by Gasteiger charge is 2.20. The van der Waals surface area contributed by atoms with Gasteiger partial charge in [-0.3, -0.25) is 0 Å². The summed E-state index contributed by atoms with van der Waals surface area (Å²) in [6.45, 7) is 2.27. The molecule has 1 aliphatic rings. The topological polar surface area (TPSA) is 24.9 Å². The normalized spacial score (nSPS) is 25.9. The predicted octanol–water partition coefficient (Wildman–Crippen LogP) is 3.45. The lowest BCUT2D eigenvalue weighted by Crippen LogP contribution is -2.30. The van der Waals surface area contributed by atoms with Crippen LogP contribution in [-0.2, 0) is 0 Å². The maximum atomic E-state index is 4.76. The number of para-hydroxylation sites is 1. The molecule has 2 unspecified atom stereocenters. The molecule has 0 amide bonds. The van der Waals surface area contributed by atoms with E-state index in [1.165, 1.54) is 21.9 Å². The fraction of sp³-hybridized carbons (Fsp3) is 0.462. The monoisotopic (exact) mass is 264 g/mol. The third-order valence-corrected chi connectivity index (χ3v) is 5.32. The van der Waals surface area contributed by atoms with Crippen molar-refractivity contribution in [2.45, 2.75) is 25.4 Å². The fourth-order valence-corrected chi connectivity index (χ4v) is 4.43. The van der Waals surface area contributed by atoms with Crippen LogP contribution in [0.25, 0.3) is 10.2 Å². The maximum Gasteiger partial charge on any atom is 0.112 e. The Morgan fingerprint density at radius 1 is 1.35 bits per heavy atom. The first-order valence-electron chi connectivity index (χ1n) is 6.02. The van der Waals surface area contributed by atoms with Crippen LogP contribution in [0.2, 0.25) is 0 Å². The summed E-state index contributed by atoms with van der Waals surface area (Å²) in [6, 6.07) is 9.43. The first kappa shape index (κ1) is 11.5. The van der Waals surface area contributed by atoms with Crippen LogP contribution in [-0.4, -0.2) is 22.5 Å². The van der Waals surface area contributed by atoms with Crippen LogP contribution in [0.5, 0.6) is 0 Å². The van der Waals surface area contributed by atoms with E-state index in [4.69, 9.17) is 4.98 Å². The van der Waals surface area contributed by atoms with E-state index in [1.54, 1.807) is 0 Å². The summed E-state index contributed by atoms with van der Waals surface area (Å²) in [5, 5.41) is 4.93. The summed E-state index contributed by atoms with van der Waals surface area (Å²) in [7, 11) is 0. The first-order valence-corrected chi connectivity index (χ1v) is 7.99. The number of nitrogens with zero attached hydrogens (tertiary/aromatic N) is 1. The second-order valence-corrected chi connectivity index (χ2v) is 6.72. The van der Waals surface area contributed by atoms with Gasteiger partial charge in [-0.15, -0.1) is 11.3 Å². The quantitative estimate of drug-likeness (QED) is 0.854. The molecular weight excluding hydrogens is 248 g/mol. The Morgan fingerprint density at radius 2 is 2.24 bits per heavy atom. The zero-order valence-corrected chi connectivity index (χ0v) is 11.5. The minimum atomic E-state index is 0.426. The molecule has 1 saturated heterocycles. The molecule has 0 bridgehead atoms. The van der Waals surface area contributed by atoms with Crippen LogP contribution in [0.4, 0.5) is 0 Å². The number of hydrogen-bond acceptors (Lipinski definition) is 4. The maximum absolute atomic E-state index is 4.76. The Hall–Kier alpha value is -0.580. The Labute approximate surface area is 110 Å². The zero-order valence-electron chi connectivity index (χ0n) is 9.85. The van der Waals surface area contributed by atoms with Gasteiger partial charge in [0.2, 0.25) is 0 Å². The molecule has 17 heavy (non-hydrogen) atoms. The highest BCUT2D eigenvalue weighted by atomic mass is 32.2. The molecule has 4 heteroatoms. The standard InChI is InChI=1S/C13H16N2S2/c1-9-6-7-16-8-11(14-9)13-15-10-4-2-3-5-12(10)17-13/h2-5,9,11,14H,6-8H2,1H3. The Kier molecular flexibility index (Phi) is 3.36. The largest absolute Gasteiger partial charge is 0.305 e. The minimum absolute atomic E-state index is 0.426. The third kappa shape index (κ3) is 2.49. The summed E-state index contributed by atoms with van der Waals surface area (Å²) in [6.07, 6.45) is 1.26. The molecule has 2 heterocycles. The van der Waals surface area contributed by atoms with Crippen molar-refractivity contribution in [2.24, 2.45) is 0 Å². The van der Waals surface area contributed by atoms with Gasteiger partial charge in [0, 0.05) is 11.8 Å². The van der Waals surface area contributed by atoms with Gasteiger partial charge in [-0.2, -0.15) is 11.8 Å². The number of thiazole rings is 1. The van der Waals surface area contributed by atoms with Gasteiger partial charge in [-0.1, -0.05) is 12.1 Å². The molecule has 2 aromatic rings. The van der Waals surface area contributed by atoms with Gasteiger partial charge in [0.25, 0.3) is 0 Å². The van der Waals surface area contributed by atoms with Crippen molar-refractivity contribution >= 4 is 33.3 Å². The van der Waals surface area contributed by atoms with Crippen LogP contribution < -0.4 is 5.32 Å². The number of benzene rings is 1. The van der Waals surface area contributed by atoms with E-state index in [0.717, 1.165) is 11.3 Å². The van der Waals surface area contributed by atoms with E-state index in [2.05, 4.69) is 36.5 Å². The molecule has 2 atom stereocenters. The molecule has 1 N–H and O–H groups in total. The summed E-state index contributed by atoms with van der Waals surface area (Å²) >= 11 is 3.86. The van der Waals surface area contributed by atoms with Crippen molar-refractivity contribution in [3.8, 4) is 0 Å². The fourth-order valence-electron chi connectivity index (χ4n) is 2.12. The SMILES string of the molecule is CC1CCSCC(c2nc3ccccc3s2)N1. The number of thioether (sulfide) groups is 1. The lowest BCUT2D eigenvalue weighted by atomic mass is 10.2. The van der Waals surface area contributed by atoms with Crippen LogP contribution in [0.1, 0.15) is 24.4 Å². The number of hydrogen-bond donors (Lipinski definition) is 1. The van der Waals surface area contributed by atoms with E-state index in [-0.39, 0.29) is 0 Å². The van der Waals surface area contributed by atoms with Crippen molar-refractivity contribution < 1.29 is 0 Å². The van der Waals surface area contributed by atoms with Gasteiger partial charge in [0.05, 0.1) is 16.3 Å². The second-order valence-electron chi connectivity index (χ2n) is 4.50. The lowest BCUT2D eigenvalue weighted by Gasteiger charge is -2.16. The average molecular weight is 264 g/mol. The van der Waals surface area contributed by atoms with Gasteiger partial charge in [-0.05, 0) is 31.2 Å². The molecule has 0 saturated carbocycles. The van der Waals surface area contributed by atoms with Crippen LogP contribution in [0, 0.1) is 0 Å². The number of aromatic nitrogens is 1. The number of rotatable bonds is 1. The van der Waals surface area contributed by atoms with E-state index >= 15 is 0 Å². The predicted molar refractivity (Wildman–Crippen MR) is 76.9 cm³/mol. The first-order chi connectivity index (χ1) is 8.33. The van der Waals surface area contributed by atoms with Gasteiger partial charge in [0.15, 0.2) is 0 Å². The molecule has 0 aliphatic carbocycles. The molecule has 0 spiro atoms. The number of nitrogens with one attached hydrogen (secondary N) is 1. The smallest absolute Gasteiger partial charge is 0.112 e.